The summed E-state index contributed by atoms with van der Waals surface area (Å²) in [5, 5.41) is 10.8. The Labute approximate surface area is 110 Å². The van der Waals surface area contributed by atoms with Crippen molar-refractivity contribution in [2.45, 2.75) is 26.8 Å². The summed E-state index contributed by atoms with van der Waals surface area (Å²) < 4.78 is 5.01. The fraction of sp³-hybridized carbons (Fsp3) is 0.500. The van der Waals surface area contributed by atoms with Gasteiger partial charge in [0, 0.05) is 12.0 Å². The molecule has 1 unspecified atom stereocenters. The maximum Gasteiger partial charge on any atom is 0.394 e. The molecular weight excluding hydrogens is 254 g/mol. The quantitative estimate of drug-likeness (QED) is 0.848. The fourth-order valence-corrected chi connectivity index (χ4v) is 2.70. The third kappa shape index (κ3) is 2.88. The largest absolute Gasteiger partial charge is 0.474 e. The molecule has 0 radical (unpaired) electrons. The Balaban J connectivity index is 3.20. The molecule has 1 rings (SSSR count). The first-order chi connectivity index (χ1) is 8.40. The van der Waals surface area contributed by atoms with Gasteiger partial charge in [-0.15, -0.1) is 11.3 Å². The van der Waals surface area contributed by atoms with Crippen LogP contribution in [0.15, 0.2) is 5.38 Å². The van der Waals surface area contributed by atoms with Gasteiger partial charge in [-0.2, -0.15) is 0 Å². The molecule has 1 amide bonds. The number of ether oxygens (including phenoxy) is 1. The average Bonchev–Trinajstić information content (AvgIpc) is 2.61. The molecule has 18 heavy (non-hydrogen) atoms. The second-order valence-corrected chi connectivity index (χ2v) is 5.19. The Bertz CT molecular complexity index is 435. The predicted octanol–water partition coefficient (Wildman–Crippen LogP) is 1.82. The molecule has 0 aliphatic rings. The molecule has 5 nitrogen and oxygen atoms in total. The summed E-state index contributed by atoms with van der Waals surface area (Å²) in [6.07, 6.45) is 0. The van der Waals surface area contributed by atoms with Crippen molar-refractivity contribution in [1.29, 1.82) is 0 Å². The Morgan fingerprint density at radius 1 is 1.50 bits per heavy atom. The summed E-state index contributed by atoms with van der Waals surface area (Å²) in [6, 6.07) is -0.328. The van der Waals surface area contributed by atoms with Gasteiger partial charge in [0.05, 0.1) is 18.3 Å². The molecule has 1 heterocycles. The van der Waals surface area contributed by atoms with Crippen LogP contribution in [0.5, 0.6) is 0 Å². The number of methoxy groups -OCH3 is 1. The number of carbonyl (C=O) groups excluding carboxylic acids is 1. The molecule has 100 valence electrons. The first-order valence-electron chi connectivity index (χ1n) is 5.50. The number of carboxylic acids is 1. The van der Waals surface area contributed by atoms with Crippen LogP contribution in [0.4, 0.5) is 5.69 Å². The molecule has 1 N–H and O–H groups in total. The average molecular weight is 271 g/mol. The van der Waals surface area contributed by atoms with E-state index in [0.717, 1.165) is 10.4 Å². The number of aliphatic carboxylic acids is 1. The van der Waals surface area contributed by atoms with Gasteiger partial charge in [0.25, 0.3) is 0 Å². The molecule has 0 spiro atoms. The monoisotopic (exact) mass is 271 g/mol. The lowest BCUT2D eigenvalue weighted by atomic mass is 10.2. The van der Waals surface area contributed by atoms with E-state index < -0.39 is 11.9 Å². The van der Waals surface area contributed by atoms with Crippen molar-refractivity contribution in [3.8, 4) is 0 Å². The number of carbonyl (C=O) groups is 2. The molecule has 6 heteroatoms. The van der Waals surface area contributed by atoms with Gasteiger partial charge < -0.3 is 9.84 Å². The standard InChI is InChI=1S/C12H17NO4S/c1-7-6-18-9(3)10(7)13(8(2)5-17-4)11(14)12(15)16/h6,8H,5H2,1-4H3,(H,15,16). The third-order valence-electron chi connectivity index (χ3n) is 2.61. The lowest BCUT2D eigenvalue weighted by Gasteiger charge is -2.28. The van der Waals surface area contributed by atoms with E-state index in [1.54, 1.807) is 6.92 Å². The minimum Gasteiger partial charge on any atom is -0.474 e. The minimum absolute atomic E-state index is 0.285. The summed E-state index contributed by atoms with van der Waals surface area (Å²) in [5.41, 5.74) is 1.58. The van der Waals surface area contributed by atoms with Gasteiger partial charge in [-0.3, -0.25) is 9.69 Å². The van der Waals surface area contributed by atoms with Gasteiger partial charge in [-0.1, -0.05) is 0 Å². The lowest BCUT2D eigenvalue weighted by molar-refractivity contribution is -0.149. The fourth-order valence-electron chi connectivity index (χ4n) is 1.87. The summed E-state index contributed by atoms with van der Waals surface area (Å²) in [5.74, 6) is -2.38. The topological polar surface area (TPSA) is 66.8 Å². The number of amides is 1. The number of rotatable bonds is 4. The van der Waals surface area contributed by atoms with Gasteiger partial charge in [-0.25, -0.2) is 4.79 Å². The summed E-state index contributed by atoms with van der Waals surface area (Å²) >= 11 is 1.50. The minimum atomic E-state index is -1.46. The van der Waals surface area contributed by atoms with E-state index in [9.17, 15) is 9.59 Å². The zero-order valence-electron chi connectivity index (χ0n) is 10.9. The number of anilines is 1. The Morgan fingerprint density at radius 3 is 2.50 bits per heavy atom. The van der Waals surface area contributed by atoms with Crippen LogP contribution in [0.1, 0.15) is 17.4 Å². The summed E-state index contributed by atoms with van der Waals surface area (Å²) in [6.45, 7) is 5.78. The Morgan fingerprint density at radius 2 is 2.11 bits per heavy atom. The SMILES string of the molecule is COCC(C)N(C(=O)C(=O)O)c1c(C)csc1C. The van der Waals surface area contributed by atoms with Gasteiger partial charge in [0.1, 0.15) is 0 Å². The molecule has 0 aliphatic heterocycles. The van der Waals surface area contributed by atoms with Crippen LogP contribution >= 0.6 is 11.3 Å². The molecule has 1 atom stereocenters. The number of thiophene rings is 1. The highest BCUT2D eigenvalue weighted by Crippen LogP contribution is 2.31. The van der Waals surface area contributed by atoms with Gasteiger partial charge >= 0.3 is 11.9 Å². The summed E-state index contributed by atoms with van der Waals surface area (Å²) in [4.78, 5) is 25.0. The number of aryl methyl sites for hydroxylation is 2. The maximum atomic E-state index is 11.8. The van der Waals surface area contributed by atoms with E-state index in [1.165, 1.54) is 23.3 Å². The van der Waals surface area contributed by atoms with Gasteiger partial charge in [0.2, 0.25) is 0 Å². The van der Waals surface area contributed by atoms with Crippen molar-refractivity contribution < 1.29 is 19.4 Å². The number of hydrogen-bond acceptors (Lipinski definition) is 4. The zero-order valence-corrected chi connectivity index (χ0v) is 11.7. The normalized spacial score (nSPS) is 12.2. The number of carboxylic acid groups (broad SMARTS) is 1. The Kier molecular flexibility index (Phi) is 4.86. The van der Waals surface area contributed by atoms with Crippen molar-refractivity contribution in [2.24, 2.45) is 0 Å². The van der Waals surface area contributed by atoms with Crippen LogP contribution in [-0.4, -0.2) is 36.7 Å². The second kappa shape index (κ2) is 5.97. The van der Waals surface area contributed by atoms with Crippen molar-refractivity contribution in [3.05, 3.63) is 15.8 Å². The molecule has 0 bridgehead atoms. The van der Waals surface area contributed by atoms with Crippen molar-refractivity contribution >= 4 is 28.9 Å². The smallest absolute Gasteiger partial charge is 0.394 e. The van der Waals surface area contributed by atoms with Crippen LogP contribution in [0.25, 0.3) is 0 Å². The van der Waals surface area contributed by atoms with Crippen LogP contribution < -0.4 is 4.90 Å². The lowest BCUT2D eigenvalue weighted by Crippen LogP contribution is -2.45. The van der Waals surface area contributed by atoms with Crippen LogP contribution in [0.2, 0.25) is 0 Å². The number of hydrogen-bond donors (Lipinski definition) is 1. The molecule has 0 aliphatic carbocycles. The van der Waals surface area contributed by atoms with E-state index in [4.69, 9.17) is 9.84 Å². The highest BCUT2D eigenvalue weighted by atomic mass is 32.1. The third-order valence-corrected chi connectivity index (χ3v) is 3.63. The molecule has 0 fully saturated rings. The van der Waals surface area contributed by atoms with E-state index in [1.807, 2.05) is 19.2 Å². The van der Waals surface area contributed by atoms with Crippen LogP contribution in [0, 0.1) is 13.8 Å². The molecule has 0 saturated heterocycles. The van der Waals surface area contributed by atoms with Crippen molar-refractivity contribution in [2.75, 3.05) is 18.6 Å². The molecule has 0 saturated carbocycles. The number of nitrogens with zero attached hydrogens (tertiary/aromatic N) is 1. The van der Waals surface area contributed by atoms with Gasteiger partial charge in [-0.05, 0) is 31.7 Å². The summed E-state index contributed by atoms with van der Waals surface area (Å²) in [7, 11) is 1.52. The van der Waals surface area contributed by atoms with E-state index in [-0.39, 0.29) is 12.6 Å². The van der Waals surface area contributed by atoms with E-state index in [0.29, 0.717) is 5.69 Å². The highest BCUT2D eigenvalue weighted by molar-refractivity contribution is 7.10. The van der Waals surface area contributed by atoms with E-state index >= 15 is 0 Å². The van der Waals surface area contributed by atoms with Gasteiger partial charge in [0.15, 0.2) is 0 Å². The molecule has 1 aromatic rings. The van der Waals surface area contributed by atoms with Crippen LogP contribution in [-0.2, 0) is 14.3 Å². The zero-order chi connectivity index (χ0) is 13.9. The van der Waals surface area contributed by atoms with Crippen molar-refractivity contribution in [3.63, 3.8) is 0 Å². The van der Waals surface area contributed by atoms with E-state index in [2.05, 4.69) is 0 Å². The molecule has 0 aromatic carbocycles. The second-order valence-electron chi connectivity index (χ2n) is 4.11. The highest BCUT2D eigenvalue weighted by Gasteiger charge is 2.30. The first kappa shape index (κ1) is 14.7. The molecule has 1 aromatic heterocycles. The predicted molar refractivity (Wildman–Crippen MR) is 70.3 cm³/mol. The van der Waals surface area contributed by atoms with Crippen molar-refractivity contribution in [1.82, 2.24) is 0 Å². The maximum absolute atomic E-state index is 11.8. The van der Waals surface area contributed by atoms with Crippen LogP contribution in [0.3, 0.4) is 0 Å². The first-order valence-corrected chi connectivity index (χ1v) is 6.38. The Hall–Kier alpha value is -1.40. The molecular formula is C12H17NO4S.